The molecule has 0 saturated carbocycles. The van der Waals surface area contributed by atoms with Crippen LogP contribution in [0, 0.1) is 5.92 Å². The van der Waals surface area contributed by atoms with Crippen LogP contribution >= 0.6 is 0 Å². The maximum atomic E-state index is 12.4. The zero-order chi connectivity index (χ0) is 16.9. The molecule has 128 valence electrons. The molecule has 0 aromatic carbocycles. The summed E-state index contributed by atoms with van der Waals surface area (Å²) in [7, 11) is 1.65. The average Bonchev–Trinajstić information content (AvgIpc) is 2.41. The summed E-state index contributed by atoms with van der Waals surface area (Å²) in [6, 6.07) is 0.0308. The molecule has 0 spiro atoms. The first-order chi connectivity index (χ1) is 10.1. The molecule has 6 nitrogen and oxygen atoms in total. The van der Waals surface area contributed by atoms with Gasteiger partial charge in [0.15, 0.2) is 0 Å². The first-order valence-corrected chi connectivity index (χ1v) is 8.10. The smallest absolute Gasteiger partial charge is 0.410 e. The predicted octanol–water partition coefficient (Wildman–Crippen LogP) is 2.68. The highest BCUT2D eigenvalue weighted by Gasteiger charge is 2.29. The average molecular weight is 313 g/mol. The standard InChI is InChI=1S/C16H31N3O3/c1-12(2)19(15(21)22-16(3,4)5)11-13-8-7-9-18(10-13)14(20)17-6/h12-13H,7-11H2,1-6H3,(H,17,20)/t13-/m1/s1. The number of hydrogen-bond donors (Lipinski definition) is 1. The minimum atomic E-state index is -0.495. The Morgan fingerprint density at radius 2 is 2.00 bits per heavy atom. The van der Waals surface area contributed by atoms with Gasteiger partial charge in [0.25, 0.3) is 0 Å². The van der Waals surface area contributed by atoms with Gasteiger partial charge in [0.1, 0.15) is 5.60 Å². The Balaban J connectivity index is 2.66. The molecular formula is C16H31N3O3. The number of nitrogens with zero attached hydrogens (tertiary/aromatic N) is 2. The molecule has 22 heavy (non-hydrogen) atoms. The molecule has 1 atom stereocenters. The summed E-state index contributed by atoms with van der Waals surface area (Å²) in [5, 5.41) is 2.67. The van der Waals surface area contributed by atoms with Gasteiger partial charge in [0, 0.05) is 32.7 Å². The lowest BCUT2D eigenvalue weighted by atomic mass is 9.97. The molecule has 0 aromatic heterocycles. The maximum absolute atomic E-state index is 12.4. The van der Waals surface area contributed by atoms with E-state index in [-0.39, 0.29) is 18.2 Å². The SMILES string of the molecule is CNC(=O)N1CCC[C@@H](CN(C(=O)OC(C)(C)C)C(C)C)C1. The number of urea groups is 1. The fraction of sp³-hybridized carbons (Fsp3) is 0.875. The fourth-order valence-corrected chi connectivity index (χ4v) is 2.65. The van der Waals surface area contributed by atoms with Crippen molar-refractivity contribution in [1.82, 2.24) is 15.1 Å². The van der Waals surface area contributed by atoms with Gasteiger partial charge in [0.2, 0.25) is 0 Å². The van der Waals surface area contributed by atoms with Crippen LogP contribution < -0.4 is 5.32 Å². The second kappa shape index (κ2) is 7.70. The van der Waals surface area contributed by atoms with Crippen LogP contribution in [0.2, 0.25) is 0 Å². The molecule has 0 radical (unpaired) electrons. The topological polar surface area (TPSA) is 61.9 Å². The summed E-state index contributed by atoms with van der Waals surface area (Å²) in [5.41, 5.74) is -0.495. The number of likely N-dealkylation sites (tertiary alicyclic amines) is 1. The third kappa shape index (κ3) is 5.73. The van der Waals surface area contributed by atoms with Crippen LogP contribution in [0.1, 0.15) is 47.5 Å². The summed E-state index contributed by atoms with van der Waals surface area (Å²) in [5.74, 6) is 0.293. The van der Waals surface area contributed by atoms with E-state index in [0.29, 0.717) is 19.0 Å². The van der Waals surface area contributed by atoms with Crippen LogP contribution in [0.25, 0.3) is 0 Å². The third-order valence-electron chi connectivity index (χ3n) is 3.73. The lowest BCUT2D eigenvalue weighted by Crippen LogP contribution is -2.49. The van der Waals surface area contributed by atoms with Crippen molar-refractivity contribution in [2.24, 2.45) is 5.92 Å². The molecule has 0 bridgehead atoms. The van der Waals surface area contributed by atoms with Crippen molar-refractivity contribution in [3.8, 4) is 0 Å². The first-order valence-electron chi connectivity index (χ1n) is 8.10. The fourth-order valence-electron chi connectivity index (χ4n) is 2.65. The quantitative estimate of drug-likeness (QED) is 0.871. The summed E-state index contributed by atoms with van der Waals surface area (Å²) in [6.45, 7) is 11.7. The van der Waals surface area contributed by atoms with Gasteiger partial charge in [-0.25, -0.2) is 9.59 Å². The summed E-state index contributed by atoms with van der Waals surface area (Å²) in [4.78, 5) is 27.7. The Morgan fingerprint density at radius 1 is 1.36 bits per heavy atom. The van der Waals surface area contributed by atoms with Crippen molar-refractivity contribution in [1.29, 1.82) is 0 Å². The Hall–Kier alpha value is -1.46. The molecule has 1 heterocycles. The highest BCUT2D eigenvalue weighted by atomic mass is 16.6. The second-order valence-corrected chi connectivity index (χ2v) is 7.24. The molecule has 1 fully saturated rings. The highest BCUT2D eigenvalue weighted by molar-refractivity contribution is 5.74. The summed E-state index contributed by atoms with van der Waals surface area (Å²) in [6.07, 6.45) is 1.72. The largest absolute Gasteiger partial charge is 0.444 e. The van der Waals surface area contributed by atoms with Gasteiger partial charge in [-0.3, -0.25) is 0 Å². The maximum Gasteiger partial charge on any atom is 0.410 e. The Kier molecular flexibility index (Phi) is 6.50. The molecule has 3 amide bonds. The number of ether oxygens (including phenoxy) is 1. The van der Waals surface area contributed by atoms with E-state index in [2.05, 4.69) is 5.32 Å². The number of carbonyl (C=O) groups excluding carboxylic acids is 2. The van der Waals surface area contributed by atoms with Crippen LogP contribution in [0.15, 0.2) is 0 Å². The molecule has 1 N–H and O–H groups in total. The molecule has 1 rings (SSSR count). The number of hydrogen-bond acceptors (Lipinski definition) is 3. The number of piperidine rings is 1. The zero-order valence-corrected chi connectivity index (χ0v) is 14.8. The first kappa shape index (κ1) is 18.6. The Morgan fingerprint density at radius 3 is 2.50 bits per heavy atom. The van der Waals surface area contributed by atoms with Gasteiger partial charge >= 0.3 is 12.1 Å². The van der Waals surface area contributed by atoms with Crippen LogP contribution in [-0.2, 0) is 4.74 Å². The van der Waals surface area contributed by atoms with E-state index in [9.17, 15) is 9.59 Å². The van der Waals surface area contributed by atoms with E-state index < -0.39 is 5.60 Å². The number of nitrogens with one attached hydrogen (secondary N) is 1. The van der Waals surface area contributed by atoms with E-state index in [4.69, 9.17) is 4.74 Å². The number of amides is 3. The second-order valence-electron chi connectivity index (χ2n) is 7.24. The lowest BCUT2D eigenvalue weighted by Gasteiger charge is -2.37. The van der Waals surface area contributed by atoms with Crippen LogP contribution in [0.3, 0.4) is 0 Å². The summed E-state index contributed by atoms with van der Waals surface area (Å²) >= 11 is 0. The predicted molar refractivity (Wildman–Crippen MR) is 86.8 cm³/mol. The van der Waals surface area contributed by atoms with Crippen molar-refractivity contribution in [2.45, 2.75) is 59.1 Å². The van der Waals surface area contributed by atoms with Crippen molar-refractivity contribution < 1.29 is 14.3 Å². The molecular weight excluding hydrogens is 282 g/mol. The number of carbonyl (C=O) groups is 2. The van der Waals surface area contributed by atoms with Crippen LogP contribution in [0.5, 0.6) is 0 Å². The van der Waals surface area contributed by atoms with E-state index in [1.54, 1.807) is 11.9 Å². The third-order valence-corrected chi connectivity index (χ3v) is 3.73. The Labute approximate surface area is 134 Å². The molecule has 1 aliphatic rings. The van der Waals surface area contributed by atoms with Gasteiger partial charge in [-0.05, 0) is 53.4 Å². The lowest BCUT2D eigenvalue weighted by molar-refractivity contribution is 0.0131. The van der Waals surface area contributed by atoms with Gasteiger partial charge in [-0.1, -0.05) is 0 Å². The molecule has 6 heteroatoms. The minimum absolute atomic E-state index is 0.0435. The van der Waals surface area contributed by atoms with E-state index in [0.717, 1.165) is 19.4 Å². The monoisotopic (exact) mass is 313 g/mol. The zero-order valence-electron chi connectivity index (χ0n) is 14.8. The van der Waals surface area contributed by atoms with E-state index in [1.165, 1.54) is 0 Å². The molecule has 0 aromatic rings. The van der Waals surface area contributed by atoms with Gasteiger partial charge < -0.3 is 19.9 Å². The molecule has 0 unspecified atom stereocenters. The van der Waals surface area contributed by atoms with Gasteiger partial charge in [-0.2, -0.15) is 0 Å². The molecule has 1 saturated heterocycles. The van der Waals surface area contributed by atoms with E-state index >= 15 is 0 Å². The van der Waals surface area contributed by atoms with Crippen molar-refractivity contribution in [2.75, 3.05) is 26.7 Å². The van der Waals surface area contributed by atoms with Crippen LogP contribution in [-0.4, -0.2) is 60.2 Å². The van der Waals surface area contributed by atoms with E-state index in [1.807, 2.05) is 39.5 Å². The summed E-state index contributed by atoms with van der Waals surface area (Å²) < 4.78 is 5.49. The normalized spacial score (nSPS) is 19.0. The van der Waals surface area contributed by atoms with Crippen molar-refractivity contribution in [3.63, 3.8) is 0 Å². The molecule has 0 aliphatic carbocycles. The Bertz CT molecular complexity index is 391. The number of rotatable bonds is 3. The van der Waals surface area contributed by atoms with Gasteiger partial charge in [0.05, 0.1) is 0 Å². The van der Waals surface area contributed by atoms with Gasteiger partial charge in [-0.15, -0.1) is 0 Å². The minimum Gasteiger partial charge on any atom is -0.444 e. The highest BCUT2D eigenvalue weighted by Crippen LogP contribution is 2.20. The molecule has 1 aliphatic heterocycles. The van der Waals surface area contributed by atoms with Crippen LogP contribution in [0.4, 0.5) is 9.59 Å². The van der Waals surface area contributed by atoms with Crippen molar-refractivity contribution in [3.05, 3.63) is 0 Å². The van der Waals surface area contributed by atoms with Crippen molar-refractivity contribution >= 4 is 12.1 Å².